The van der Waals surface area contributed by atoms with Crippen LogP contribution in [-0.4, -0.2) is 4.89 Å². The predicted octanol–water partition coefficient (Wildman–Crippen LogP) is 18.9. The lowest BCUT2D eigenvalue weighted by Gasteiger charge is -2.24. The van der Waals surface area contributed by atoms with Crippen molar-refractivity contribution in [1.82, 2.24) is 0 Å². The number of hydrogen-bond acceptors (Lipinski definition) is 3. The van der Waals surface area contributed by atoms with Crippen LogP contribution in [0.2, 0.25) is 0 Å². The molecule has 13 rings (SSSR count). The van der Waals surface area contributed by atoms with Crippen molar-refractivity contribution in [3.05, 3.63) is 267 Å². The number of rotatable bonds is 8. The Labute approximate surface area is 424 Å². The number of hydrogen-bond donors (Lipinski definition) is 1. The molecule has 0 bridgehead atoms. The van der Waals surface area contributed by atoms with Crippen LogP contribution < -0.4 is 9.05 Å². The highest BCUT2D eigenvalue weighted by atomic mass is 31.2. The van der Waals surface area contributed by atoms with E-state index in [0.29, 0.717) is 22.3 Å². The van der Waals surface area contributed by atoms with E-state index in [2.05, 4.69) is 158 Å². The molecular formula is C68H45O4P. The average Bonchev–Trinajstić information content (AvgIpc) is 3.59. The van der Waals surface area contributed by atoms with Crippen molar-refractivity contribution in [3.63, 3.8) is 0 Å². The lowest BCUT2D eigenvalue weighted by atomic mass is 9.80. The van der Waals surface area contributed by atoms with Crippen LogP contribution in [0.15, 0.2) is 267 Å². The number of phosphoric ester groups is 1. The van der Waals surface area contributed by atoms with Gasteiger partial charge in [-0.15, -0.1) is 0 Å². The molecule has 0 amide bonds. The van der Waals surface area contributed by atoms with Crippen molar-refractivity contribution in [2.24, 2.45) is 0 Å². The molecule has 0 atom stereocenters. The zero-order valence-electron chi connectivity index (χ0n) is 39.5. The normalized spacial score (nSPS) is 12.6. The molecule has 1 heterocycles. The van der Waals surface area contributed by atoms with Crippen molar-refractivity contribution in [2.45, 2.75) is 0 Å². The third-order valence-corrected chi connectivity index (χ3v) is 14.9. The summed E-state index contributed by atoms with van der Waals surface area (Å²) in [5.74, 6) is 0.525. The minimum atomic E-state index is -5.01. The summed E-state index contributed by atoms with van der Waals surface area (Å²) in [5.41, 5.74) is 16.3. The summed E-state index contributed by atoms with van der Waals surface area (Å²) in [5, 5.41) is 3.57. The zero-order valence-corrected chi connectivity index (χ0v) is 40.4. The first-order chi connectivity index (χ1) is 36.0. The van der Waals surface area contributed by atoms with E-state index in [1.54, 1.807) is 0 Å². The molecule has 0 unspecified atom stereocenters. The van der Waals surface area contributed by atoms with Crippen LogP contribution in [0.5, 0.6) is 11.5 Å². The van der Waals surface area contributed by atoms with Gasteiger partial charge in [-0.05, 0) is 125 Å². The highest BCUT2D eigenvalue weighted by Gasteiger charge is 2.39. The molecule has 4 nitrogen and oxygen atoms in total. The second kappa shape index (κ2) is 18.3. The van der Waals surface area contributed by atoms with Crippen LogP contribution in [0, 0.1) is 0 Å². The summed E-state index contributed by atoms with van der Waals surface area (Å²) >= 11 is 0. The summed E-state index contributed by atoms with van der Waals surface area (Å²) in [4.78, 5) is 12.6. The molecule has 0 saturated carbocycles. The van der Waals surface area contributed by atoms with Gasteiger partial charge in [0.05, 0.1) is 0 Å². The summed E-state index contributed by atoms with van der Waals surface area (Å²) in [7, 11) is -5.01. The van der Waals surface area contributed by atoms with Gasteiger partial charge in [0.15, 0.2) is 0 Å². The van der Waals surface area contributed by atoms with E-state index in [4.69, 9.17) is 9.05 Å². The molecule has 1 N–H and O–H groups in total. The lowest BCUT2D eigenvalue weighted by Crippen LogP contribution is -2.02. The first-order valence-electron chi connectivity index (χ1n) is 24.5. The van der Waals surface area contributed by atoms with Gasteiger partial charge < -0.3 is 9.05 Å². The molecule has 0 radical (unpaired) electrons. The molecule has 0 aromatic heterocycles. The molecule has 5 heteroatoms. The summed E-state index contributed by atoms with van der Waals surface area (Å²) < 4.78 is 28.9. The standard InChI is InChI=1S/C68H45O4P/c69-73(70)71-67-61(63-57(47-27-11-3-12-28-47)41-53(45-23-7-1-8-24-45)42-58(63)48-29-13-4-14-30-48)39-51-35-19-21-37-55(51)65(67)66-56-38-22-20-36-52(56)40-62(68(66)72-73)64-59(49-31-15-5-16-32-49)43-54(46-25-9-2-10-26-46)44-60(64)50-33-17-6-18-34-50/h1-44H,(H,69,70). The summed E-state index contributed by atoms with van der Waals surface area (Å²) in [6.07, 6.45) is 0. The Hall–Kier alpha value is -9.05. The zero-order chi connectivity index (χ0) is 48.9. The van der Waals surface area contributed by atoms with Crippen LogP contribution in [0.3, 0.4) is 0 Å². The number of fused-ring (bicyclic) bond motifs is 7. The van der Waals surface area contributed by atoms with Gasteiger partial charge in [0, 0.05) is 33.4 Å². The SMILES string of the molecule is O=P1(O)Oc2c(-c3c(-c4ccccc4)cc(-c4ccccc4)cc3-c3ccccc3)cc3ccccc3c2-c2c(c(-c3c(-c4ccccc4)cc(-c4ccccc4)cc3-c3ccccc3)cc3ccccc23)O1. The maximum atomic E-state index is 15.4. The highest BCUT2D eigenvalue weighted by Crippen LogP contribution is 2.63. The Kier molecular flexibility index (Phi) is 11.0. The summed E-state index contributed by atoms with van der Waals surface area (Å²) in [6, 6.07) is 91.9. The minimum absolute atomic E-state index is 0.262. The predicted molar refractivity (Wildman–Crippen MR) is 301 cm³/mol. The molecule has 0 saturated heterocycles. The second-order valence-corrected chi connectivity index (χ2v) is 19.7. The molecule has 346 valence electrons. The molecule has 0 aliphatic carbocycles. The molecule has 1 aliphatic heterocycles. The quantitative estimate of drug-likeness (QED) is 0.154. The highest BCUT2D eigenvalue weighted by molar-refractivity contribution is 7.48. The molecule has 73 heavy (non-hydrogen) atoms. The van der Waals surface area contributed by atoms with Crippen LogP contribution in [0.4, 0.5) is 0 Å². The Morgan fingerprint density at radius 2 is 0.521 bits per heavy atom. The molecule has 12 aromatic carbocycles. The Bertz CT molecular complexity index is 3700. The van der Waals surface area contributed by atoms with Gasteiger partial charge >= 0.3 is 7.82 Å². The van der Waals surface area contributed by atoms with Crippen molar-refractivity contribution in [2.75, 3.05) is 0 Å². The number of phosphoric acid groups is 1. The topological polar surface area (TPSA) is 55.8 Å². The largest absolute Gasteiger partial charge is 0.584 e. The summed E-state index contributed by atoms with van der Waals surface area (Å²) in [6.45, 7) is 0. The van der Waals surface area contributed by atoms with E-state index in [-0.39, 0.29) is 11.5 Å². The van der Waals surface area contributed by atoms with Gasteiger partial charge in [-0.2, -0.15) is 0 Å². The van der Waals surface area contributed by atoms with E-state index in [1.807, 2.05) is 109 Å². The Morgan fingerprint density at radius 1 is 0.260 bits per heavy atom. The van der Waals surface area contributed by atoms with Crippen LogP contribution in [0.1, 0.15) is 0 Å². The first-order valence-corrected chi connectivity index (χ1v) is 26.0. The van der Waals surface area contributed by atoms with E-state index >= 15 is 4.57 Å². The number of benzene rings is 12. The van der Waals surface area contributed by atoms with E-state index in [0.717, 1.165) is 99.4 Å². The fraction of sp³-hybridized carbons (Fsp3) is 0. The van der Waals surface area contributed by atoms with E-state index in [1.165, 1.54) is 0 Å². The lowest BCUT2D eigenvalue weighted by molar-refractivity contribution is 0.295. The first kappa shape index (κ1) is 43.9. The van der Waals surface area contributed by atoms with Crippen LogP contribution in [0.25, 0.3) is 122 Å². The third-order valence-electron chi connectivity index (χ3n) is 14.0. The van der Waals surface area contributed by atoms with Crippen molar-refractivity contribution in [1.29, 1.82) is 0 Å². The van der Waals surface area contributed by atoms with Crippen molar-refractivity contribution < 1.29 is 18.5 Å². The van der Waals surface area contributed by atoms with E-state index in [9.17, 15) is 4.89 Å². The molecular weight excluding hydrogens is 912 g/mol. The van der Waals surface area contributed by atoms with Gasteiger partial charge in [-0.3, -0.25) is 4.89 Å². The third kappa shape index (κ3) is 8.00. The van der Waals surface area contributed by atoms with Gasteiger partial charge in [0.2, 0.25) is 0 Å². The van der Waals surface area contributed by atoms with Crippen LogP contribution >= 0.6 is 7.82 Å². The van der Waals surface area contributed by atoms with Gasteiger partial charge in [0.1, 0.15) is 11.5 Å². The van der Waals surface area contributed by atoms with Gasteiger partial charge in [0.25, 0.3) is 0 Å². The average molecular weight is 957 g/mol. The van der Waals surface area contributed by atoms with E-state index < -0.39 is 7.82 Å². The Morgan fingerprint density at radius 3 is 0.822 bits per heavy atom. The van der Waals surface area contributed by atoms with Crippen molar-refractivity contribution >= 4 is 29.4 Å². The van der Waals surface area contributed by atoms with Gasteiger partial charge in [-0.25, -0.2) is 4.57 Å². The fourth-order valence-corrected chi connectivity index (χ4v) is 11.7. The molecule has 0 spiro atoms. The molecule has 12 aromatic rings. The molecule has 0 fully saturated rings. The second-order valence-electron chi connectivity index (χ2n) is 18.4. The maximum absolute atomic E-state index is 15.4. The van der Waals surface area contributed by atoms with Gasteiger partial charge in [-0.1, -0.05) is 231 Å². The fourth-order valence-electron chi connectivity index (χ4n) is 10.8. The molecule has 1 aliphatic rings. The minimum Gasteiger partial charge on any atom is -0.394 e. The Balaban J connectivity index is 1.20. The monoisotopic (exact) mass is 956 g/mol. The van der Waals surface area contributed by atoms with Crippen molar-refractivity contribution in [3.8, 4) is 112 Å². The smallest absolute Gasteiger partial charge is 0.394 e. The van der Waals surface area contributed by atoms with Crippen LogP contribution in [-0.2, 0) is 4.57 Å². The maximum Gasteiger partial charge on any atom is 0.584 e.